The van der Waals surface area contributed by atoms with Crippen LogP contribution in [0.1, 0.15) is 35.8 Å². The molecule has 0 saturated heterocycles. The Balaban J connectivity index is 2.48. The van der Waals surface area contributed by atoms with E-state index in [2.05, 4.69) is 10.3 Å². The van der Waals surface area contributed by atoms with Crippen molar-refractivity contribution in [2.45, 2.75) is 25.8 Å². The quantitative estimate of drug-likeness (QED) is 0.889. The molecule has 0 spiro atoms. The third kappa shape index (κ3) is 3.21. The zero-order valence-corrected chi connectivity index (χ0v) is 12.3. The SMILES string of the molecule is CC(C)c1cc(C(=O)NC(CF)C(=O)O)c2ccccc2n1. The lowest BCUT2D eigenvalue weighted by Gasteiger charge is -2.14. The number of aromatic nitrogens is 1. The molecule has 2 N–H and O–H groups in total. The minimum absolute atomic E-state index is 0.104. The molecule has 0 saturated carbocycles. The van der Waals surface area contributed by atoms with E-state index in [1.165, 1.54) is 0 Å². The lowest BCUT2D eigenvalue weighted by molar-refractivity contribution is -0.139. The Morgan fingerprint density at radius 3 is 2.59 bits per heavy atom. The lowest BCUT2D eigenvalue weighted by Crippen LogP contribution is -2.42. The molecule has 116 valence electrons. The van der Waals surface area contributed by atoms with E-state index in [9.17, 15) is 14.0 Å². The summed E-state index contributed by atoms with van der Waals surface area (Å²) in [7, 11) is 0. The molecule has 1 heterocycles. The van der Waals surface area contributed by atoms with Gasteiger partial charge in [0.15, 0.2) is 6.04 Å². The first kappa shape index (κ1) is 15.9. The van der Waals surface area contributed by atoms with Crippen molar-refractivity contribution in [1.29, 1.82) is 0 Å². The highest BCUT2D eigenvalue weighted by Gasteiger charge is 2.22. The maximum Gasteiger partial charge on any atom is 0.328 e. The van der Waals surface area contributed by atoms with Gasteiger partial charge in [-0.15, -0.1) is 0 Å². The number of alkyl halides is 1. The van der Waals surface area contributed by atoms with Gasteiger partial charge in [-0.1, -0.05) is 32.0 Å². The fraction of sp³-hybridized carbons (Fsp3) is 0.312. The second-order valence-electron chi connectivity index (χ2n) is 5.29. The van der Waals surface area contributed by atoms with Crippen LogP contribution in [0.25, 0.3) is 10.9 Å². The highest BCUT2D eigenvalue weighted by molar-refractivity contribution is 6.07. The van der Waals surface area contributed by atoms with Crippen LogP contribution in [-0.4, -0.2) is 34.7 Å². The monoisotopic (exact) mass is 304 g/mol. The average Bonchev–Trinajstić information content (AvgIpc) is 2.50. The van der Waals surface area contributed by atoms with Crippen LogP contribution in [0.4, 0.5) is 4.39 Å². The van der Waals surface area contributed by atoms with Crippen LogP contribution in [0.2, 0.25) is 0 Å². The van der Waals surface area contributed by atoms with Crippen LogP contribution in [0, 0.1) is 0 Å². The van der Waals surface area contributed by atoms with Crippen molar-refractivity contribution in [3.8, 4) is 0 Å². The molecule has 2 aromatic rings. The summed E-state index contributed by atoms with van der Waals surface area (Å²) in [5.74, 6) is -1.92. The second-order valence-corrected chi connectivity index (χ2v) is 5.29. The molecule has 1 unspecified atom stereocenters. The Hall–Kier alpha value is -2.50. The molecule has 1 atom stereocenters. The number of carbonyl (C=O) groups is 2. The van der Waals surface area contributed by atoms with Gasteiger partial charge in [0.05, 0.1) is 11.1 Å². The number of nitrogens with one attached hydrogen (secondary N) is 1. The first-order valence-corrected chi connectivity index (χ1v) is 6.93. The van der Waals surface area contributed by atoms with Gasteiger partial charge in [0.1, 0.15) is 6.67 Å². The number of hydrogen-bond acceptors (Lipinski definition) is 3. The van der Waals surface area contributed by atoms with E-state index in [0.717, 1.165) is 5.69 Å². The molecule has 0 fully saturated rings. The number of carboxylic acids is 1. The van der Waals surface area contributed by atoms with Crippen LogP contribution in [0.15, 0.2) is 30.3 Å². The van der Waals surface area contributed by atoms with Crippen LogP contribution in [-0.2, 0) is 4.79 Å². The maximum absolute atomic E-state index is 12.7. The van der Waals surface area contributed by atoms with Crippen molar-refractivity contribution in [3.63, 3.8) is 0 Å². The molecule has 0 aliphatic rings. The predicted molar refractivity (Wildman–Crippen MR) is 80.7 cm³/mol. The number of pyridine rings is 1. The maximum atomic E-state index is 12.7. The van der Waals surface area contributed by atoms with Crippen molar-refractivity contribution in [2.75, 3.05) is 6.67 Å². The summed E-state index contributed by atoms with van der Waals surface area (Å²) in [4.78, 5) is 27.7. The molecule has 2 rings (SSSR count). The molecule has 5 nitrogen and oxygen atoms in total. The minimum Gasteiger partial charge on any atom is -0.480 e. The number of nitrogens with zero attached hydrogens (tertiary/aromatic N) is 1. The van der Waals surface area contributed by atoms with Crippen molar-refractivity contribution in [3.05, 3.63) is 41.6 Å². The number of halogens is 1. The van der Waals surface area contributed by atoms with Gasteiger partial charge >= 0.3 is 5.97 Å². The predicted octanol–water partition coefficient (Wildman–Crippen LogP) is 2.51. The fourth-order valence-electron chi connectivity index (χ4n) is 2.08. The smallest absolute Gasteiger partial charge is 0.328 e. The number of fused-ring (bicyclic) bond motifs is 1. The normalized spacial score (nSPS) is 12.4. The van der Waals surface area contributed by atoms with E-state index < -0.39 is 24.6 Å². The fourth-order valence-corrected chi connectivity index (χ4v) is 2.08. The Morgan fingerprint density at radius 1 is 1.32 bits per heavy atom. The molecule has 1 aromatic carbocycles. The summed E-state index contributed by atoms with van der Waals surface area (Å²) in [6.45, 7) is 2.72. The van der Waals surface area contributed by atoms with Crippen LogP contribution in [0.3, 0.4) is 0 Å². The van der Waals surface area contributed by atoms with E-state index in [1.54, 1.807) is 24.3 Å². The Bertz CT molecular complexity index is 716. The molecule has 1 amide bonds. The summed E-state index contributed by atoms with van der Waals surface area (Å²) < 4.78 is 12.7. The minimum atomic E-state index is -1.55. The molecule has 6 heteroatoms. The summed E-state index contributed by atoms with van der Waals surface area (Å²) in [5.41, 5.74) is 1.66. The topological polar surface area (TPSA) is 79.3 Å². The molecular formula is C16H17FN2O3. The van der Waals surface area contributed by atoms with E-state index in [0.29, 0.717) is 16.5 Å². The van der Waals surface area contributed by atoms with Crippen LogP contribution in [0.5, 0.6) is 0 Å². The third-order valence-electron chi connectivity index (χ3n) is 3.33. The number of para-hydroxylation sites is 1. The molecule has 0 bridgehead atoms. The summed E-state index contributed by atoms with van der Waals surface area (Å²) in [6.07, 6.45) is 0. The number of carbonyl (C=O) groups excluding carboxylic acids is 1. The standard InChI is InChI=1S/C16H17FN2O3/c1-9(2)13-7-11(10-5-3-4-6-12(10)18-13)15(20)19-14(8-17)16(21)22/h3-7,9,14H,8H2,1-2H3,(H,19,20)(H,21,22). The van der Waals surface area contributed by atoms with Crippen molar-refractivity contribution in [1.82, 2.24) is 10.3 Å². The number of aliphatic carboxylic acids is 1. The molecule has 22 heavy (non-hydrogen) atoms. The lowest BCUT2D eigenvalue weighted by atomic mass is 10.0. The Morgan fingerprint density at radius 2 is 2.00 bits per heavy atom. The van der Waals surface area contributed by atoms with Crippen molar-refractivity contribution >= 4 is 22.8 Å². The van der Waals surface area contributed by atoms with Gasteiger partial charge in [-0.2, -0.15) is 0 Å². The van der Waals surface area contributed by atoms with Gasteiger partial charge in [-0.3, -0.25) is 9.78 Å². The summed E-state index contributed by atoms with van der Waals surface area (Å²) >= 11 is 0. The van der Waals surface area contributed by atoms with E-state index in [1.807, 2.05) is 19.9 Å². The number of benzene rings is 1. The highest BCUT2D eigenvalue weighted by atomic mass is 19.1. The Labute approximate surface area is 127 Å². The molecule has 0 aliphatic heterocycles. The van der Waals surface area contributed by atoms with Gasteiger partial charge in [0.25, 0.3) is 5.91 Å². The number of hydrogen-bond donors (Lipinski definition) is 2. The first-order valence-electron chi connectivity index (χ1n) is 6.93. The largest absolute Gasteiger partial charge is 0.480 e. The number of carboxylic acid groups (broad SMARTS) is 1. The van der Waals surface area contributed by atoms with E-state index >= 15 is 0 Å². The highest BCUT2D eigenvalue weighted by Crippen LogP contribution is 2.22. The summed E-state index contributed by atoms with van der Waals surface area (Å²) in [6, 6.07) is 7.15. The first-order chi connectivity index (χ1) is 10.4. The molecule has 0 aliphatic carbocycles. The van der Waals surface area contributed by atoms with E-state index in [4.69, 9.17) is 5.11 Å². The number of rotatable bonds is 5. The van der Waals surface area contributed by atoms with Gasteiger partial charge in [-0.05, 0) is 18.1 Å². The molecule has 0 radical (unpaired) electrons. The van der Waals surface area contributed by atoms with E-state index in [-0.39, 0.29) is 5.92 Å². The average molecular weight is 304 g/mol. The van der Waals surface area contributed by atoms with Crippen molar-refractivity contribution in [2.24, 2.45) is 0 Å². The molecule has 1 aromatic heterocycles. The summed E-state index contributed by atoms with van der Waals surface area (Å²) in [5, 5.41) is 11.7. The molecular weight excluding hydrogens is 287 g/mol. The van der Waals surface area contributed by atoms with Gasteiger partial charge in [0, 0.05) is 11.1 Å². The van der Waals surface area contributed by atoms with Crippen molar-refractivity contribution < 1.29 is 19.1 Å². The van der Waals surface area contributed by atoms with Crippen LogP contribution < -0.4 is 5.32 Å². The zero-order valence-electron chi connectivity index (χ0n) is 12.3. The number of amides is 1. The second kappa shape index (κ2) is 6.51. The third-order valence-corrected chi connectivity index (χ3v) is 3.33. The van der Waals surface area contributed by atoms with Crippen LogP contribution >= 0.6 is 0 Å². The Kier molecular flexibility index (Phi) is 4.70. The van der Waals surface area contributed by atoms with Gasteiger partial charge in [-0.25, -0.2) is 9.18 Å². The van der Waals surface area contributed by atoms with Gasteiger partial charge < -0.3 is 10.4 Å². The van der Waals surface area contributed by atoms with Gasteiger partial charge in [0.2, 0.25) is 0 Å². The zero-order chi connectivity index (χ0) is 16.3.